The standard InChI is InChI=1S/C14H13ClN2O2S/c1-9-2-5-12(16)14(6-9)20-8-10-3-4-11(15)7-13(10)17(18)19/h2-7H,8,16H2,1H3. The molecule has 0 aliphatic carbocycles. The number of hydrogen-bond acceptors (Lipinski definition) is 4. The van der Waals surface area contributed by atoms with E-state index in [4.69, 9.17) is 17.3 Å². The SMILES string of the molecule is Cc1ccc(N)c(SCc2ccc(Cl)cc2[N+](=O)[O-])c1. The summed E-state index contributed by atoms with van der Waals surface area (Å²) < 4.78 is 0. The van der Waals surface area contributed by atoms with Gasteiger partial charge < -0.3 is 5.73 Å². The molecule has 0 amide bonds. The Morgan fingerprint density at radius 1 is 1.30 bits per heavy atom. The van der Waals surface area contributed by atoms with Crippen molar-refractivity contribution in [2.75, 3.05) is 5.73 Å². The van der Waals surface area contributed by atoms with Gasteiger partial charge in [-0.05, 0) is 36.8 Å². The van der Waals surface area contributed by atoms with E-state index >= 15 is 0 Å². The molecule has 20 heavy (non-hydrogen) atoms. The molecule has 0 aromatic heterocycles. The molecule has 6 heteroatoms. The lowest BCUT2D eigenvalue weighted by Crippen LogP contribution is -1.95. The summed E-state index contributed by atoms with van der Waals surface area (Å²) in [5.41, 5.74) is 8.35. The van der Waals surface area contributed by atoms with E-state index in [0.29, 0.717) is 22.0 Å². The molecule has 2 aromatic rings. The van der Waals surface area contributed by atoms with Crippen molar-refractivity contribution in [2.24, 2.45) is 0 Å². The monoisotopic (exact) mass is 308 g/mol. The van der Waals surface area contributed by atoms with Crippen LogP contribution in [-0.4, -0.2) is 4.92 Å². The van der Waals surface area contributed by atoms with Crippen LogP contribution in [0.25, 0.3) is 0 Å². The second-order valence-electron chi connectivity index (χ2n) is 4.36. The van der Waals surface area contributed by atoms with E-state index in [2.05, 4.69) is 0 Å². The highest BCUT2D eigenvalue weighted by molar-refractivity contribution is 7.98. The van der Waals surface area contributed by atoms with E-state index in [1.807, 2.05) is 25.1 Å². The molecule has 0 saturated carbocycles. The third-order valence-corrected chi connectivity index (χ3v) is 4.15. The Morgan fingerprint density at radius 2 is 2.05 bits per heavy atom. The third-order valence-electron chi connectivity index (χ3n) is 2.80. The second-order valence-corrected chi connectivity index (χ2v) is 5.81. The molecule has 0 aliphatic rings. The minimum atomic E-state index is -0.415. The van der Waals surface area contributed by atoms with Crippen LogP contribution in [0.2, 0.25) is 5.02 Å². The van der Waals surface area contributed by atoms with Gasteiger partial charge in [0.05, 0.1) is 4.92 Å². The van der Waals surface area contributed by atoms with Gasteiger partial charge in [-0.1, -0.05) is 17.7 Å². The molecule has 0 bridgehead atoms. The number of thioether (sulfide) groups is 1. The highest BCUT2D eigenvalue weighted by atomic mass is 35.5. The highest BCUT2D eigenvalue weighted by Gasteiger charge is 2.14. The quantitative estimate of drug-likeness (QED) is 0.392. The maximum Gasteiger partial charge on any atom is 0.274 e. The van der Waals surface area contributed by atoms with E-state index in [-0.39, 0.29) is 5.69 Å². The van der Waals surface area contributed by atoms with Gasteiger partial charge in [0, 0.05) is 33.0 Å². The first-order chi connectivity index (χ1) is 9.47. The largest absolute Gasteiger partial charge is 0.398 e. The van der Waals surface area contributed by atoms with Gasteiger partial charge in [-0.15, -0.1) is 11.8 Å². The van der Waals surface area contributed by atoms with Crippen LogP contribution in [-0.2, 0) is 5.75 Å². The minimum absolute atomic E-state index is 0.0382. The van der Waals surface area contributed by atoms with Gasteiger partial charge in [-0.25, -0.2) is 0 Å². The average molecular weight is 309 g/mol. The molecule has 0 spiro atoms. The van der Waals surface area contributed by atoms with Crippen LogP contribution in [0.3, 0.4) is 0 Å². The predicted octanol–water partition coefficient (Wildman–Crippen LogP) is 4.43. The van der Waals surface area contributed by atoms with Crippen LogP contribution in [0.5, 0.6) is 0 Å². The molecule has 0 unspecified atom stereocenters. The molecule has 4 nitrogen and oxygen atoms in total. The molecule has 0 saturated heterocycles. The number of nitrogen functional groups attached to an aromatic ring is 1. The van der Waals surface area contributed by atoms with Crippen LogP contribution in [0, 0.1) is 17.0 Å². The maximum atomic E-state index is 11.0. The number of benzene rings is 2. The Labute approximate surface area is 126 Å². The molecule has 0 fully saturated rings. The van der Waals surface area contributed by atoms with Gasteiger partial charge in [0.25, 0.3) is 5.69 Å². The van der Waals surface area contributed by atoms with Gasteiger partial charge in [-0.3, -0.25) is 10.1 Å². The Bertz CT molecular complexity index is 662. The number of aryl methyl sites for hydroxylation is 1. The van der Waals surface area contributed by atoms with Crippen LogP contribution < -0.4 is 5.73 Å². The van der Waals surface area contributed by atoms with Gasteiger partial charge in [-0.2, -0.15) is 0 Å². The van der Waals surface area contributed by atoms with Crippen LogP contribution in [0.15, 0.2) is 41.3 Å². The van der Waals surface area contributed by atoms with Gasteiger partial charge in [0.15, 0.2) is 0 Å². The fourth-order valence-electron chi connectivity index (χ4n) is 1.75. The molecule has 2 N–H and O–H groups in total. The molecule has 0 heterocycles. The van der Waals surface area contributed by atoms with Gasteiger partial charge in [0.2, 0.25) is 0 Å². The van der Waals surface area contributed by atoms with Crippen LogP contribution in [0.4, 0.5) is 11.4 Å². The molecular weight excluding hydrogens is 296 g/mol. The Morgan fingerprint density at radius 3 is 2.75 bits per heavy atom. The summed E-state index contributed by atoms with van der Waals surface area (Å²) in [5, 5.41) is 11.4. The summed E-state index contributed by atoms with van der Waals surface area (Å²) in [6.07, 6.45) is 0. The number of anilines is 1. The number of halogens is 1. The van der Waals surface area contributed by atoms with Gasteiger partial charge >= 0.3 is 0 Å². The van der Waals surface area contributed by atoms with E-state index in [0.717, 1.165) is 10.5 Å². The smallest absolute Gasteiger partial charge is 0.274 e. The summed E-state index contributed by atoms with van der Waals surface area (Å²) in [5.74, 6) is 0.473. The summed E-state index contributed by atoms with van der Waals surface area (Å²) in [7, 11) is 0. The summed E-state index contributed by atoms with van der Waals surface area (Å²) in [4.78, 5) is 11.5. The number of nitro benzene ring substituents is 1. The first-order valence-electron chi connectivity index (χ1n) is 5.89. The Hall–Kier alpha value is -1.72. The third kappa shape index (κ3) is 3.43. The summed E-state index contributed by atoms with van der Waals surface area (Å²) in [6, 6.07) is 10.5. The van der Waals surface area contributed by atoms with Crippen molar-refractivity contribution in [1.29, 1.82) is 0 Å². The lowest BCUT2D eigenvalue weighted by Gasteiger charge is -2.07. The molecule has 2 rings (SSSR count). The molecule has 104 valence electrons. The van der Waals surface area contributed by atoms with Crippen molar-refractivity contribution in [3.63, 3.8) is 0 Å². The summed E-state index contributed by atoms with van der Waals surface area (Å²) in [6.45, 7) is 1.98. The molecule has 0 aliphatic heterocycles. The van der Waals surface area contributed by atoms with E-state index < -0.39 is 4.92 Å². The zero-order chi connectivity index (χ0) is 14.7. The zero-order valence-corrected chi connectivity index (χ0v) is 12.4. The van der Waals surface area contributed by atoms with Crippen molar-refractivity contribution < 1.29 is 4.92 Å². The lowest BCUT2D eigenvalue weighted by atomic mass is 10.2. The lowest BCUT2D eigenvalue weighted by molar-refractivity contribution is -0.385. The number of nitrogens with zero attached hydrogens (tertiary/aromatic N) is 1. The Kier molecular flexibility index (Phi) is 4.52. The first kappa shape index (κ1) is 14.7. The molecule has 2 aromatic carbocycles. The number of nitro groups is 1. The summed E-state index contributed by atoms with van der Waals surface area (Å²) >= 11 is 7.27. The van der Waals surface area contributed by atoms with Crippen LogP contribution in [0.1, 0.15) is 11.1 Å². The van der Waals surface area contributed by atoms with Crippen molar-refractivity contribution >= 4 is 34.7 Å². The molecular formula is C14H13ClN2O2S. The van der Waals surface area contributed by atoms with Crippen molar-refractivity contribution in [3.8, 4) is 0 Å². The molecule has 0 radical (unpaired) electrons. The minimum Gasteiger partial charge on any atom is -0.398 e. The Balaban J connectivity index is 2.23. The number of hydrogen-bond donors (Lipinski definition) is 1. The number of nitrogens with two attached hydrogens (primary N) is 1. The van der Waals surface area contributed by atoms with Crippen molar-refractivity contribution in [1.82, 2.24) is 0 Å². The van der Waals surface area contributed by atoms with Crippen molar-refractivity contribution in [2.45, 2.75) is 17.6 Å². The van der Waals surface area contributed by atoms with Crippen molar-refractivity contribution in [3.05, 3.63) is 62.7 Å². The van der Waals surface area contributed by atoms with E-state index in [1.54, 1.807) is 12.1 Å². The zero-order valence-electron chi connectivity index (χ0n) is 10.8. The van der Waals surface area contributed by atoms with E-state index in [1.165, 1.54) is 17.8 Å². The molecule has 0 atom stereocenters. The maximum absolute atomic E-state index is 11.0. The first-order valence-corrected chi connectivity index (χ1v) is 7.25. The van der Waals surface area contributed by atoms with Gasteiger partial charge in [0.1, 0.15) is 0 Å². The fraction of sp³-hybridized carbons (Fsp3) is 0.143. The normalized spacial score (nSPS) is 10.5. The topological polar surface area (TPSA) is 69.2 Å². The fourth-order valence-corrected chi connectivity index (χ4v) is 2.98. The second kappa shape index (κ2) is 6.15. The van der Waals surface area contributed by atoms with Crippen LogP contribution >= 0.6 is 23.4 Å². The highest BCUT2D eigenvalue weighted by Crippen LogP contribution is 2.32. The number of rotatable bonds is 4. The average Bonchev–Trinajstić information content (AvgIpc) is 2.40. The predicted molar refractivity (Wildman–Crippen MR) is 83.3 cm³/mol. The van der Waals surface area contributed by atoms with E-state index in [9.17, 15) is 10.1 Å².